The number of carbonyl (C=O) groups excluding carboxylic acids is 1. The SMILES string of the molecule is CCN(CC1CCCCN1)c1ccc(C(N)=O)cc1Br. The zero-order valence-corrected chi connectivity index (χ0v) is 13.4. The van der Waals surface area contributed by atoms with E-state index in [2.05, 4.69) is 33.1 Å². The van der Waals surface area contributed by atoms with E-state index in [9.17, 15) is 4.79 Å². The molecule has 1 heterocycles. The number of anilines is 1. The third kappa shape index (κ3) is 3.73. The van der Waals surface area contributed by atoms with Crippen LogP contribution in [0.15, 0.2) is 22.7 Å². The van der Waals surface area contributed by atoms with Gasteiger partial charge in [-0.3, -0.25) is 4.79 Å². The highest BCUT2D eigenvalue weighted by atomic mass is 79.9. The molecule has 1 aliphatic rings. The molecule has 2 rings (SSSR count). The molecule has 1 aliphatic heterocycles. The van der Waals surface area contributed by atoms with Gasteiger partial charge in [0.25, 0.3) is 0 Å². The lowest BCUT2D eigenvalue weighted by Gasteiger charge is -2.32. The molecule has 110 valence electrons. The second kappa shape index (κ2) is 7.09. The minimum absolute atomic E-state index is 0.394. The summed E-state index contributed by atoms with van der Waals surface area (Å²) >= 11 is 3.55. The van der Waals surface area contributed by atoms with Gasteiger partial charge in [0.15, 0.2) is 0 Å². The summed E-state index contributed by atoms with van der Waals surface area (Å²) < 4.78 is 0.923. The lowest BCUT2D eigenvalue weighted by molar-refractivity contribution is 0.100. The first-order valence-corrected chi connectivity index (χ1v) is 7.98. The van der Waals surface area contributed by atoms with Crippen molar-refractivity contribution in [3.05, 3.63) is 28.2 Å². The average molecular weight is 340 g/mol. The van der Waals surface area contributed by atoms with Crippen molar-refractivity contribution in [2.45, 2.75) is 32.2 Å². The number of nitrogens with one attached hydrogen (secondary N) is 1. The van der Waals surface area contributed by atoms with Crippen LogP contribution in [0.5, 0.6) is 0 Å². The number of piperidine rings is 1. The number of hydrogen-bond acceptors (Lipinski definition) is 3. The van der Waals surface area contributed by atoms with E-state index >= 15 is 0 Å². The Bertz CT molecular complexity index is 472. The molecule has 0 aromatic heterocycles. The second-order valence-corrected chi connectivity index (χ2v) is 6.07. The van der Waals surface area contributed by atoms with Crippen molar-refractivity contribution in [2.24, 2.45) is 5.73 Å². The van der Waals surface area contributed by atoms with Crippen LogP contribution in [0.1, 0.15) is 36.5 Å². The van der Waals surface area contributed by atoms with Crippen LogP contribution in [0, 0.1) is 0 Å². The van der Waals surface area contributed by atoms with Gasteiger partial charge < -0.3 is 16.0 Å². The van der Waals surface area contributed by atoms with Gasteiger partial charge in [0.05, 0.1) is 5.69 Å². The predicted molar refractivity (Wildman–Crippen MR) is 86.2 cm³/mol. The summed E-state index contributed by atoms with van der Waals surface area (Å²) in [5.41, 5.74) is 6.96. The third-order valence-corrected chi connectivity index (χ3v) is 4.44. The van der Waals surface area contributed by atoms with E-state index in [4.69, 9.17) is 5.73 Å². The summed E-state index contributed by atoms with van der Waals surface area (Å²) in [5, 5.41) is 3.57. The topological polar surface area (TPSA) is 58.4 Å². The molecule has 1 unspecified atom stereocenters. The molecule has 0 radical (unpaired) electrons. The Balaban J connectivity index is 2.12. The number of primary amides is 1. The van der Waals surface area contributed by atoms with Crippen LogP contribution < -0.4 is 16.0 Å². The summed E-state index contributed by atoms with van der Waals surface area (Å²) in [7, 11) is 0. The molecular weight excluding hydrogens is 318 g/mol. The molecule has 4 nitrogen and oxygen atoms in total. The zero-order chi connectivity index (χ0) is 14.5. The van der Waals surface area contributed by atoms with E-state index in [0.717, 1.165) is 29.8 Å². The van der Waals surface area contributed by atoms with Gasteiger partial charge >= 0.3 is 0 Å². The molecule has 20 heavy (non-hydrogen) atoms. The summed E-state index contributed by atoms with van der Waals surface area (Å²) in [6, 6.07) is 6.11. The van der Waals surface area contributed by atoms with E-state index in [1.54, 1.807) is 12.1 Å². The number of nitrogens with zero attached hydrogens (tertiary/aromatic N) is 1. The first-order chi connectivity index (χ1) is 9.61. The maximum absolute atomic E-state index is 11.2. The summed E-state index contributed by atoms with van der Waals surface area (Å²) in [6.45, 7) is 5.19. The monoisotopic (exact) mass is 339 g/mol. The number of likely N-dealkylation sites (N-methyl/N-ethyl adjacent to an activating group) is 1. The molecule has 0 aliphatic carbocycles. The minimum Gasteiger partial charge on any atom is -0.369 e. The molecule has 1 fully saturated rings. The number of rotatable bonds is 5. The molecule has 0 spiro atoms. The molecule has 3 N–H and O–H groups in total. The Morgan fingerprint density at radius 1 is 1.50 bits per heavy atom. The van der Waals surface area contributed by atoms with Gasteiger partial charge in [-0.25, -0.2) is 0 Å². The zero-order valence-electron chi connectivity index (χ0n) is 11.9. The molecule has 0 saturated carbocycles. The van der Waals surface area contributed by atoms with Gasteiger partial charge in [-0.05, 0) is 60.4 Å². The van der Waals surface area contributed by atoms with Crippen molar-refractivity contribution in [3.8, 4) is 0 Å². The Kier molecular flexibility index (Phi) is 5.43. The fourth-order valence-corrected chi connectivity index (χ4v) is 3.29. The quantitative estimate of drug-likeness (QED) is 0.866. The molecule has 0 bridgehead atoms. The van der Waals surface area contributed by atoms with Crippen molar-refractivity contribution in [1.82, 2.24) is 5.32 Å². The Labute approximate surface area is 128 Å². The number of amides is 1. The Hall–Kier alpha value is -1.07. The van der Waals surface area contributed by atoms with Gasteiger partial charge in [-0.2, -0.15) is 0 Å². The molecular formula is C15H22BrN3O. The molecule has 5 heteroatoms. The van der Waals surface area contributed by atoms with Crippen LogP contribution in [-0.4, -0.2) is 31.6 Å². The number of benzene rings is 1. The van der Waals surface area contributed by atoms with Crippen LogP contribution in [0.3, 0.4) is 0 Å². The molecule has 1 aromatic rings. The highest BCUT2D eigenvalue weighted by Crippen LogP contribution is 2.28. The summed E-state index contributed by atoms with van der Waals surface area (Å²) in [6.07, 6.45) is 3.81. The highest BCUT2D eigenvalue weighted by molar-refractivity contribution is 9.10. The third-order valence-electron chi connectivity index (χ3n) is 3.81. The number of hydrogen-bond donors (Lipinski definition) is 2. The molecule has 1 atom stereocenters. The maximum Gasteiger partial charge on any atom is 0.248 e. The van der Waals surface area contributed by atoms with Gasteiger partial charge in [0, 0.05) is 29.2 Å². The van der Waals surface area contributed by atoms with Gasteiger partial charge in [-0.1, -0.05) is 6.42 Å². The van der Waals surface area contributed by atoms with Crippen molar-refractivity contribution in [1.29, 1.82) is 0 Å². The van der Waals surface area contributed by atoms with E-state index in [0.29, 0.717) is 11.6 Å². The van der Waals surface area contributed by atoms with Crippen molar-refractivity contribution < 1.29 is 4.79 Å². The molecule has 1 amide bonds. The van der Waals surface area contributed by atoms with Crippen molar-refractivity contribution in [3.63, 3.8) is 0 Å². The smallest absolute Gasteiger partial charge is 0.248 e. The normalized spacial score (nSPS) is 18.8. The van der Waals surface area contributed by atoms with E-state index in [-0.39, 0.29) is 0 Å². The Morgan fingerprint density at radius 2 is 2.30 bits per heavy atom. The standard InChI is InChI=1S/C15H22BrN3O/c1-2-19(10-12-5-3-4-8-18-12)14-7-6-11(15(17)20)9-13(14)16/h6-7,9,12,18H,2-5,8,10H2,1H3,(H2,17,20). The van der Waals surface area contributed by atoms with Crippen LogP contribution in [0.4, 0.5) is 5.69 Å². The van der Waals surface area contributed by atoms with E-state index in [1.807, 2.05) is 6.07 Å². The van der Waals surface area contributed by atoms with E-state index < -0.39 is 5.91 Å². The van der Waals surface area contributed by atoms with Gasteiger partial charge in [0.2, 0.25) is 5.91 Å². The average Bonchev–Trinajstić information content (AvgIpc) is 2.46. The van der Waals surface area contributed by atoms with Crippen LogP contribution in [0.25, 0.3) is 0 Å². The van der Waals surface area contributed by atoms with Crippen LogP contribution in [0.2, 0.25) is 0 Å². The second-order valence-electron chi connectivity index (χ2n) is 5.22. The number of carbonyl (C=O) groups is 1. The Morgan fingerprint density at radius 3 is 2.85 bits per heavy atom. The number of nitrogens with two attached hydrogens (primary N) is 1. The highest BCUT2D eigenvalue weighted by Gasteiger charge is 2.18. The molecule has 1 saturated heterocycles. The maximum atomic E-state index is 11.2. The predicted octanol–water partition coefficient (Wildman–Crippen LogP) is 2.52. The van der Waals surface area contributed by atoms with Crippen molar-refractivity contribution >= 4 is 27.5 Å². The lowest BCUT2D eigenvalue weighted by Crippen LogP contribution is -2.43. The fourth-order valence-electron chi connectivity index (χ4n) is 2.66. The first kappa shape index (κ1) is 15.3. The minimum atomic E-state index is -0.394. The van der Waals surface area contributed by atoms with Gasteiger partial charge in [0.1, 0.15) is 0 Å². The lowest BCUT2D eigenvalue weighted by atomic mass is 10.0. The first-order valence-electron chi connectivity index (χ1n) is 7.19. The van der Waals surface area contributed by atoms with Crippen LogP contribution in [-0.2, 0) is 0 Å². The van der Waals surface area contributed by atoms with E-state index in [1.165, 1.54) is 19.3 Å². The van der Waals surface area contributed by atoms with Gasteiger partial charge in [-0.15, -0.1) is 0 Å². The largest absolute Gasteiger partial charge is 0.369 e. The van der Waals surface area contributed by atoms with Crippen molar-refractivity contribution in [2.75, 3.05) is 24.5 Å². The molecule has 1 aromatic carbocycles. The fraction of sp³-hybridized carbons (Fsp3) is 0.533. The number of halogens is 1. The summed E-state index contributed by atoms with van der Waals surface area (Å²) in [5.74, 6) is -0.394. The van der Waals surface area contributed by atoms with Crippen LogP contribution >= 0.6 is 15.9 Å². The summed E-state index contributed by atoms with van der Waals surface area (Å²) in [4.78, 5) is 13.5.